The Morgan fingerprint density at radius 2 is 1.75 bits per heavy atom. The number of aryl methyl sites for hydroxylation is 3. The summed E-state index contributed by atoms with van der Waals surface area (Å²) in [6.07, 6.45) is 0.696. The number of amides is 2. The number of nitrogens with zero attached hydrogens (tertiary/aromatic N) is 1. The molecule has 2 amide bonds. The SMILES string of the molecule is Cc1cc(C)cc(NC(=O)COc2cccc3c2CCN(Cc2ccccc2C)C3=O)c1. The minimum Gasteiger partial charge on any atom is -0.483 e. The second-order valence-electron chi connectivity index (χ2n) is 8.40. The highest BCUT2D eigenvalue weighted by molar-refractivity contribution is 5.97. The summed E-state index contributed by atoms with van der Waals surface area (Å²) in [5, 5.41) is 2.88. The van der Waals surface area contributed by atoms with Gasteiger partial charge in [0.25, 0.3) is 11.8 Å². The van der Waals surface area contributed by atoms with E-state index in [1.807, 2.05) is 61.2 Å². The predicted octanol–water partition coefficient (Wildman–Crippen LogP) is 4.83. The molecule has 0 radical (unpaired) electrons. The molecule has 1 aliphatic heterocycles. The number of carbonyl (C=O) groups excluding carboxylic acids is 2. The largest absolute Gasteiger partial charge is 0.483 e. The fourth-order valence-electron chi connectivity index (χ4n) is 4.21. The van der Waals surface area contributed by atoms with Crippen molar-refractivity contribution >= 4 is 17.5 Å². The summed E-state index contributed by atoms with van der Waals surface area (Å²) in [4.78, 5) is 27.4. The third-order valence-electron chi connectivity index (χ3n) is 5.77. The zero-order valence-corrected chi connectivity index (χ0v) is 18.8. The molecule has 0 aromatic heterocycles. The number of anilines is 1. The average molecular weight is 429 g/mol. The number of benzene rings is 3. The number of carbonyl (C=O) groups is 2. The molecule has 32 heavy (non-hydrogen) atoms. The fourth-order valence-corrected chi connectivity index (χ4v) is 4.21. The first-order chi connectivity index (χ1) is 15.4. The van der Waals surface area contributed by atoms with Gasteiger partial charge in [-0.15, -0.1) is 0 Å². The van der Waals surface area contributed by atoms with Crippen LogP contribution in [0.25, 0.3) is 0 Å². The highest BCUT2D eigenvalue weighted by Gasteiger charge is 2.27. The van der Waals surface area contributed by atoms with Crippen LogP contribution in [0.4, 0.5) is 5.69 Å². The molecule has 164 valence electrons. The van der Waals surface area contributed by atoms with Crippen LogP contribution >= 0.6 is 0 Å². The summed E-state index contributed by atoms with van der Waals surface area (Å²) in [5.74, 6) is 0.373. The van der Waals surface area contributed by atoms with E-state index in [1.165, 1.54) is 5.56 Å². The molecule has 0 atom stereocenters. The lowest BCUT2D eigenvalue weighted by molar-refractivity contribution is -0.118. The van der Waals surface area contributed by atoms with Crippen molar-refractivity contribution in [3.05, 3.63) is 94.0 Å². The fraction of sp³-hybridized carbons (Fsp3) is 0.259. The Balaban J connectivity index is 1.43. The molecule has 0 bridgehead atoms. The van der Waals surface area contributed by atoms with Gasteiger partial charge in [0.15, 0.2) is 6.61 Å². The maximum absolute atomic E-state index is 13.1. The maximum atomic E-state index is 13.1. The molecule has 0 unspecified atom stereocenters. The van der Waals surface area contributed by atoms with Crippen LogP contribution < -0.4 is 10.1 Å². The lowest BCUT2D eigenvalue weighted by atomic mass is 9.97. The van der Waals surface area contributed by atoms with Crippen molar-refractivity contribution in [2.24, 2.45) is 0 Å². The van der Waals surface area contributed by atoms with Crippen molar-refractivity contribution in [3.63, 3.8) is 0 Å². The lowest BCUT2D eigenvalue weighted by Gasteiger charge is -2.30. The summed E-state index contributed by atoms with van der Waals surface area (Å²) in [6, 6.07) is 19.5. The molecule has 3 aromatic carbocycles. The summed E-state index contributed by atoms with van der Waals surface area (Å²) in [7, 11) is 0. The van der Waals surface area contributed by atoms with Gasteiger partial charge < -0.3 is 15.0 Å². The Labute approximate surface area is 189 Å². The number of hydrogen-bond acceptors (Lipinski definition) is 3. The highest BCUT2D eigenvalue weighted by atomic mass is 16.5. The highest BCUT2D eigenvalue weighted by Crippen LogP contribution is 2.29. The van der Waals surface area contributed by atoms with Crippen LogP contribution in [0.2, 0.25) is 0 Å². The van der Waals surface area contributed by atoms with E-state index in [0.29, 0.717) is 30.8 Å². The summed E-state index contributed by atoms with van der Waals surface area (Å²) in [6.45, 7) is 7.16. The normalized spacial score (nSPS) is 13.0. The summed E-state index contributed by atoms with van der Waals surface area (Å²) >= 11 is 0. The van der Waals surface area contributed by atoms with Crippen LogP contribution in [0, 0.1) is 20.8 Å². The molecule has 5 nitrogen and oxygen atoms in total. The van der Waals surface area contributed by atoms with E-state index in [2.05, 4.69) is 30.4 Å². The topological polar surface area (TPSA) is 58.6 Å². The average Bonchev–Trinajstić information content (AvgIpc) is 2.75. The Kier molecular flexibility index (Phi) is 6.26. The molecule has 3 aromatic rings. The van der Waals surface area contributed by atoms with Crippen molar-refractivity contribution in [3.8, 4) is 5.75 Å². The third-order valence-corrected chi connectivity index (χ3v) is 5.77. The van der Waals surface area contributed by atoms with Crippen LogP contribution in [-0.4, -0.2) is 29.9 Å². The first-order valence-electron chi connectivity index (χ1n) is 10.9. The molecule has 1 aliphatic rings. The van der Waals surface area contributed by atoms with Gasteiger partial charge in [0, 0.05) is 29.9 Å². The molecule has 1 heterocycles. The first kappa shape index (κ1) is 21.6. The molecule has 0 aliphatic carbocycles. The van der Waals surface area contributed by atoms with E-state index >= 15 is 0 Å². The molecule has 0 saturated carbocycles. The van der Waals surface area contributed by atoms with Crippen molar-refractivity contribution in [1.82, 2.24) is 4.90 Å². The van der Waals surface area contributed by atoms with Gasteiger partial charge in [0.05, 0.1) is 0 Å². The molecule has 0 fully saturated rings. The monoisotopic (exact) mass is 428 g/mol. The smallest absolute Gasteiger partial charge is 0.262 e. The number of hydrogen-bond donors (Lipinski definition) is 1. The third kappa shape index (κ3) is 4.83. The van der Waals surface area contributed by atoms with E-state index in [4.69, 9.17) is 4.74 Å². The van der Waals surface area contributed by atoms with E-state index in [9.17, 15) is 9.59 Å². The molecule has 5 heteroatoms. The van der Waals surface area contributed by atoms with Gasteiger partial charge in [0.1, 0.15) is 5.75 Å². The van der Waals surface area contributed by atoms with Gasteiger partial charge in [-0.1, -0.05) is 36.4 Å². The summed E-state index contributed by atoms with van der Waals surface area (Å²) < 4.78 is 5.84. The minimum atomic E-state index is -0.226. The zero-order valence-electron chi connectivity index (χ0n) is 18.8. The molecular formula is C27H28N2O3. The van der Waals surface area contributed by atoms with Crippen molar-refractivity contribution < 1.29 is 14.3 Å². The maximum Gasteiger partial charge on any atom is 0.262 e. The Morgan fingerprint density at radius 1 is 1.00 bits per heavy atom. The Morgan fingerprint density at radius 3 is 2.50 bits per heavy atom. The van der Waals surface area contributed by atoms with Crippen LogP contribution in [0.3, 0.4) is 0 Å². The molecule has 1 N–H and O–H groups in total. The second-order valence-corrected chi connectivity index (χ2v) is 8.40. The van der Waals surface area contributed by atoms with Gasteiger partial charge in [-0.05, 0) is 73.7 Å². The van der Waals surface area contributed by atoms with Crippen LogP contribution in [0.5, 0.6) is 5.75 Å². The van der Waals surface area contributed by atoms with Crippen molar-refractivity contribution in [1.29, 1.82) is 0 Å². The number of rotatable bonds is 6. The zero-order chi connectivity index (χ0) is 22.7. The standard InChI is InChI=1S/C27H28N2O3/c1-18-13-19(2)15-22(14-18)28-26(30)17-32-25-10-6-9-24-23(25)11-12-29(27(24)31)16-21-8-5-4-7-20(21)3/h4-10,13-15H,11-12,16-17H2,1-3H3,(H,28,30). The van der Waals surface area contributed by atoms with Gasteiger partial charge in [-0.2, -0.15) is 0 Å². The second kappa shape index (κ2) is 9.27. The van der Waals surface area contributed by atoms with Crippen LogP contribution in [0.1, 0.15) is 38.2 Å². The van der Waals surface area contributed by atoms with E-state index in [1.54, 1.807) is 0 Å². The van der Waals surface area contributed by atoms with Gasteiger partial charge in [0.2, 0.25) is 0 Å². The quantitative estimate of drug-likeness (QED) is 0.612. The van der Waals surface area contributed by atoms with Gasteiger partial charge in [-0.25, -0.2) is 0 Å². The van der Waals surface area contributed by atoms with E-state index in [-0.39, 0.29) is 18.4 Å². The molecule has 4 rings (SSSR count). The number of ether oxygens (including phenoxy) is 1. The van der Waals surface area contributed by atoms with E-state index in [0.717, 1.165) is 27.9 Å². The summed E-state index contributed by atoms with van der Waals surface area (Å²) in [5.41, 5.74) is 6.79. The van der Waals surface area contributed by atoms with Crippen molar-refractivity contribution in [2.45, 2.75) is 33.7 Å². The Bertz CT molecular complexity index is 1150. The Hall–Kier alpha value is -3.60. The number of nitrogens with one attached hydrogen (secondary N) is 1. The van der Waals surface area contributed by atoms with Crippen LogP contribution in [0.15, 0.2) is 60.7 Å². The predicted molar refractivity (Wildman–Crippen MR) is 126 cm³/mol. The van der Waals surface area contributed by atoms with Gasteiger partial charge in [-0.3, -0.25) is 9.59 Å². The van der Waals surface area contributed by atoms with Gasteiger partial charge >= 0.3 is 0 Å². The molecule has 0 saturated heterocycles. The van der Waals surface area contributed by atoms with Crippen molar-refractivity contribution in [2.75, 3.05) is 18.5 Å². The first-order valence-corrected chi connectivity index (χ1v) is 10.9. The molecule has 0 spiro atoms. The number of fused-ring (bicyclic) bond motifs is 1. The molecular weight excluding hydrogens is 400 g/mol. The van der Waals surface area contributed by atoms with E-state index < -0.39 is 0 Å². The minimum absolute atomic E-state index is 0.000333. The van der Waals surface area contributed by atoms with Crippen LogP contribution in [-0.2, 0) is 17.8 Å². The lowest BCUT2D eigenvalue weighted by Crippen LogP contribution is -2.37.